The van der Waals surface area contributed by atoms with Gasteiger partial charge in [-0.25, -0.2) is 0 Å². The van der Waals surface area contributed by atoms with E-state index in [2.05, 4.69) is 0 Å². The Labute approximate surface area is 184 Å². The number of carbonyl (C=O) groups is 1. The number of ether oxygens (including phenoxy) is 1. The monoisotopic (exact) mass is 458 g/mol. The fraction of sp³-hybridized carbons (Fsp3) is 0.522. The maximum atomic E-state index is 12.8. The Morgan fingerprint density at radius 2 is 1.97 bits per heavy atom. The molecule has 6 nitrogen and oxygen atoms in total. The van der Waals surface area contributed by atoms with Crippen LogP contribution >= 0.6 is 0 Å². The van der Waals surface area contributed by atoms with Gasteiger partial charge >= 0.3 is 12.1 Å². The molecule has 0 amide bonds. The fourth-order valence-electron chi connectivity index (χ4n) is 3.70. The van der Waals surface area contributed by atoms with Gasteiger partial charge in [0.2, 0.25) is 0 Å². The molecular weight excluding hydrogens is 429 g/mol. The second-order valence-corrected chi connectivity index (χ2v) is 7.89. The van der Waals surface area contributed by atoms with Crippen LogP contribution in [-0.2, 0) is 11.0 Å². The van der Waals surface area contributed by atoms with Crippen LogP contribution in [0, 0.1) is 11.8 Å². The maximum Gasteiger partial charge on any atom is 0.416 e. The van der Waals surface area contributed by atoms with E-state index in [9.17, 15) is 33.3 Å². The van der Waals surface area contributed by atoms with Crippen molar-refractivity contribution in [2.75, 3.05) is 6.61 Å². The second kappa shape index (κ2) is 12.0. The maximum absolute atomic E-state index is 12.8. The number of benzene rings is 1. The van der Waals surface area contributed by atoms with Crippen molar-refractivity contribution in [3.63, 3.8) is 0 Å². The number of hydrogen-bond donors (Lipinski definition) is 4. The molecule has 1 saturated carbocycles. The van der Waals surface area contributed by atoms with Crippen LogP contribution in [0.25, 0.3) is 0 Å². The highest BCUT2D eigenvalue weighted by Gasteiger charge is 2.39. The van der Waals surface area contributed by atoms with Crippen molar-refractivity contribution < 1.29 is 43.1 Å². The number of rotatable bonds is 11. The Morgan fingerprint density at radius 3 is 2.66 bits per heavy atom. The van der Waals surface area contributed by atoms with Crippen molar-refractivity contribution >= 4 is 5.97 Å². The lowest BCUT2D eigenvalue weighted by Crippen LogP contribution is -2.21. The molecule has 0 aromatic heterocycles. The molecule has 0 aliphatic heterocycles. The molecule has 1 aliphatic carbocycles. The van der Waals surface area contributed by atoms with Gasteiger partial charge in [-0.3, -0.25) is 4.79 Å². The minimum absolute atomic E-state index is 0.0190. The molecule has 0 unspecified atom stereocenters. The highest BCUT2D eigenvalue weighted by molar-refractivity contribution is 5.66. The van der Waals surface area contributed by atoms with Gasteiger partial charge in [0.05, 0.1) is 17.8 Å². The van der Waals surface area contributed by atoms with Gasteiger partial charge in [0.15, 0.2) is 0 Å². The summed E-state index contributed by atoms with van der Waals surface area (Å²) in [5, 5.41) is 39.2. The van der Waals surface area contributed by atoms with Crippen molar-refractivity contribution in [1.82, 2.24) is 0 Å². The molecule has 1 aliphatic rings. The first-order valence-electron chi connectivity index (χ1n) is 10.5. The summed E-state index contributed by atoms with van der Waals surface area (Å²) in [5.41, 5.74) is -0.845. The molecule has 4 N–H and O–H groups in total. The number of carboxylic acids is 1. The van der Waals surface area contributed by atoms with E-state index in [0.29, 0.717) is 19.3 Å². The standard InChI is InChI=1S/C23H29F3O6/c24-23(25,26)15-6-5-7-17(12-15)32-14-16(27)10-11-19-18(20(28)13-21(19)29)8-3-1-2-4-9-22(30)31/h1,3,5-7,10-12,16,18-21,27-29H,2,4,8-9,13-14H2,(H,30,31)/t16-,18-,19-,20+,21-/m1/s1. The van der Waals surface area contributed by atoms with Gasteiger partial charge in [-0.15, -0.1) is 0 Å². The number of aliphatic hydroxyl groups is 3. The Kier molecular flexibility index (Phi) is 9.74. The van der Waals surface area contributed by atoms with Gasteiger partial charge in [0.25, 0.3) is 0 Å². The van der Waals surface area contributed by atoms with Crippen LogP contribution in [0.3, 0.4) is 0 Å². The molecule has 0 heterocycles. The largest absolute Gasteiger partial charge is 0.491 e. The third-order valence-corrected chi connectivity index (χ3v) is 5.39. The Morgan fingerprint density at radius 1 is 1.22 bits per heavy atom. The molecule has 0 spiro atoms. The van der Waals surface area contributed by atoms with Crippen LogP contribution in [0.4, 0.5) is 13.2 Å². The van der Waals surface area contributed by atoms with Gasteiger partial charge in [0.1, 0.15) is 18.5 Å². The summed E-state index contributed by atoms with van der Waals surface area (Å²) < 4.78 is 43.5. The van der Waals surface area contributed by atoms with Crippen molar-refractivity contribution in [3.8, 4) is 5.75 Å². The highest BCUT2D eigenvalue weighted by Crippen LogP contribution is 2.36. The van der Waals surface area contributed by atoms with Crippen LogP contribution in [0.15, 0.2) is 48.6 Å². The van der Waals surface area contributed by atoms with Crippen LogP contribution in [0.5, 0.6) is 5.75 Å². The number of aliphatic carboxylic acids is 1. The summed E-state index contributed by atoms with van der Waals surface area (Å²) in [6.45, 7) is -0.267. The predicted octanol–water partition coefficient (Wildman–Crippen LogP) is 3.56. The summed E-state index contributed by atoms with van der Waals surface area (Å²) in [5.74, 6) is -1.55. The molecule has 9 heteroatoms. The molecule has 1 aromatic rings. The van der Waals surface area contributed by atoms with Gasteiger partial charge in [-0.1, -0.05) is 30.4 Å². The normalized spacial score (nSPS) is 24.9. The lowest BCUT2D eigenvalue weighted by molar-refractivity contribution is -0.138. The van der Waals surface area contributed by atoms with E-state index >= 15 is 0 Å². The van der Waals surface area contributed by atoms with Crippen LogP contribution in [0.1, 0.15) is 37.7 Å². The molecule has 0 radical (unpaired) electrons. The highest BCUT2D eigenvalue weighted by atomic mass is 19.4. The molecule has 2 rings (SSSR count). The van der Waals surface area contributed by atoms with Crippen molar-refractivity contribution in [1.29, 1.82) is 0 Å². The minimum Gasteiger partial charge on any atom is -0.491 e. The van der Waals surface area contributed by atoms with Crippen molar-refractivity contribution in [3.05, 3.63) is 54.1 Å². The van der Waals surface area contributed by atoms with E-state index in [1.54, 1.807) is 6.08 Å². The average molecular weight is 458 g/mol. The smallest absolute Gasteiger partial charge is 0.416 e. The first-order chi connectivity index (χ1) is 15.1. The fourth-order valence-corrected chi connectivity index (χ4v) is 3.70. The third kappa shape index (κ3) is 8.29. The first-order valence-corrected chi connectivity index (χ1v) is 10.5. The Bertz CT molecular complexity index is 792. The molecule has 0 saturated heterocycles. The zero-order chi connectivity index (χ0) is 23.7. The van der Waals surface area contributed by atoms with Crippen LogP contribution < -0.4 is 4.74 Å². The van der Waals surface area contributed by atoms with Crippen molar-refractivity contribution in [2.45, 2.75) is 56.6 Å². The molecule has 1 aromatic carbocycles. The summed E-state index contributed by atoms with van der Waals surface area (Å²) in [7, 11) is 0. The van der Waals surface area contributed by atoms with E-state index in [1.165, 1.54) is 18.2 Å². The number of alkyl halides is 3. The summed E-state index contributed by atoms with van der Waals surface area (Å²) in [6, 6.07) is 4.36. The van der Waals surface area contributed by atoms with Crippen molar-refractivity contribution in [2.24, 2.45) is 11.8 Å². The predicted molar refractivity (Wildman–Crippen MR) is 111 cm³/mol. The SMILES string of the molecule is O=C(O)CCCC=CC[C@@H]1[C@@H](C=C[C@@H](O)COc2cccc(C(F)(F)F)c2)[C@H](O)C[C@@H]1O. The van der Waals surface area contributed by atoms with E-state index in [0.717, 1.165) is 12.1 Å². The number of hydrogen-bond acceptors (Lipinski definition) is 5. The minimum atomic E-state index is -4.49. The number of aliphatic hydroxyl groups excluding tert-OH is 3. The summed E-state index contributed by atoms with van der Waals surface area (Å²) >= 11 is 0. The van der Waals surface area contributed by atoms with E-state index < -0.39 is 41.9 Å². The lowest BCUT2D eigenvalue weighted by Gasteiger charge is -2.19. The number of carboxylic acid groups (broad SMARTS) is 1. The molecule has 5 atom stereocenters. The summed E-state index contributed by atoms with van der Waals surface area (Å²) in [4.78, 5) is 10.5. The quantitative estimate of drug-likeness (QED) is 0.298. The molecular formula is C23H29F3O6. The number of halogens is 3. The van der Waals surface area contributed by atoms with E-state index in [4.69, 9.17) is 9.84 Å². The van der Waals surface area contributed by atoms with Crippen LogP contribution in [0.2, 0.25) is 0 Å². The zero-order valence-electron chi connectivity index (χ0n) is 17.5. The zero-order valence-corrected chi connectivity index (χ0v) is 17.5. The third-order valence-electron chi connectivity index (χ3n) is 5.39. The van der Waals surface area contributed by atoms with E-state index in [-0.39, 0.29) is 31.1 Å². The van der Waals surface area contributed by atoms with Gasteiger partial charge in [-0.05, 0) is 43.4 Å². The number of unbranched alkanes of at least 4 members (excludes halogenated alkanes) is 1. The Balaban J connectivity index is 1.87. The average Bonchev–Trinajstić information content (AvgIpc) is 2.99. The molecule has 32 heavy (non-hydrogen) atoms. The van der Waals surface area contributed by atoms with Gasteiger partial charge in [0, 0.05) is 18.8 Å². The lowest BCUT2D eigenvalue weighted by atomic mass is 9.89. The molecule has 0 bridgehead atoms. The Hall–Kier alpha value is -2.36. The summed E-state index contributed by atoms with van der Waals surface area (Å²) in [6.07, 6.45) is 1.48. The van der Waals surface area contributed by atoms with Gasteiger partial charge in [-0.2, -0.15) is 13.2 Å². The topological polar surface area (TPSA) is 107 Å². The molecule has 1 fully saturated rings. The first kappa shape index (κ1) is 25.9. The van der Waals surface area contributed by atoms with E-state index in [1.807, 2.05) is 12.2 Å². The van der Waals surface area contributed by atoms with Gasteiger partial charge < -0.3 is 25.2 Å². The second-order valence-electron chi connectivity index (χ2n) is 7.89. The van der Waals surface area contributed by atoms with Crippen LogP contribution in [-0.4, -0.2) is 51.3 Å². The molecule has 178 valence electrons. The number of allylic oxidation sites excluding steroid dienone is 2.